The first-order chi connectivity index (χ1) is 7.74. The lowest BCUT2D eigenvalue weighted by Crippen LogP contribution is -2.19. The molecule has 0 nitrogen and oxygen atoms in total. The second-order valence-corrected chi connectivity index (χ2v) is 5.80. The van der Waals surface area contributed by atoms with Crippen LogP contribution in [0.1, 0.15) is 44.7 Å². The monoisotopic (exact) mass is 234 g/mol. The molecule has 0 spiro atoms. The van der Waals surface area contributed by atoms with Crippen LogP contribution in [0.15, 0.2) is 36.7 Å². The smallest absolute Gasteiger partial charge is 0.0159 e. The van der Waals surface area contributed by atoms with Crippen molar-refractivity contribution in [3.8, 4) is 0 Å². The molecule has 1 heteroatoms. The molecule has 0 aliphatic rings. The van der Waals surface area contributed by atoms with E-state index in [0.29, 0.717) is 5.16 Å². The summed E-state index contributed by atoms with van der Waals surface area (Å²) >= 11 is 0. The molecule has 0 saturated carbocycles. The quantitative estimate of drug-likeness (QED) is 0.602. The Balaban J connectivity index is 3.23. The van der Waals surface area contributed by atoms with Gasteiger partial charge in [-0.15, -0.1) is 0 Å². The van der Waals surface area contributed by atoms with Crippen LogP contribution in [0.5, 0.6) is 0 Å². The van der Waals surface area contributed by atoms with Gasteiger partial charge < -0.3 is 0 Å². The lowest BCUT2D eigenvalue weighted by Gasteiger charge is -2.33. The summed E-state index contributed by atoms with van der Waals surface area (Å²) in [6.07, 6.45) is 3.52. The van der Waals surface area contributed by atoms with E-state index in [9.17, 15) is 0 Å². The number of hydrogen-bond donors (Lipinski definition) is 0. The van der Waals surface area contributed by atoms with Crippen molar-refractivity contribution in [2.75, 3.05) is 0 Å². The van der Waals surface area contributed by atoms with E-state index in [1.54, 1.807) is 5.56 Å². The Labute approximate surface area is 102 Å². The fourth-order valence-electron chi connectivity index (χ4n) is 2.40. The summed E-state index contributed by atoms with van der Waals surface area (Å²) < 4.78 is 0. The zero-order chi connectivity index (χ0) is 12.0. The standard InChI is InChI=1S/C15H23P/c1-5-13-11-9-10-12-14(13)15(6-2,7-3)16-8-4/h8-12,16H,4-7H2,1-3H3. The summed E-state index contributed by atoms with van der Waals surface area (Å²) in [7, 11) is 0.817. The van der Waals surface area contributed by atoms with E-state index in [4.69, 9.17) is 0 Å². The number of hydrogen-bond acceptors (Lipinski definition) is 0. The molecule has 88 valence electrons. The average molecular weight is 234 g/mol. The third-order valence-electron chi connectivity index (χ3n) is 3.50. The van der Waals surface area contributed by atoms with E-state index in [-0.39, 0.29) is 0 Å². The first-order valence-electron chi connectivity index (χ1n) is 6.21. The fraction of sp³-hybridized carbons (Fsp3) is 0.467. The van der Waals surface area contributed by atoms with Gasteiger partial charge in [0.15, 0.2) is 0 Å². The molecule has 0 bridgehead atoms. The molecule has 0 amide bonds. The molecule has 1 aromatic carbocycles. The molecule has 1 unspecified atom stereocenters. The average Bonchev–Trinajstić information content (AvgIpc) is 2.36. The third kappa shape index (κ3) is 2.55. The highest BCUT2D eigenvalue weighted by Gasteiger charge is 2.28. The minimum absolute atomic E-state index is 0.328. The molecule has 1 aromatic rings. The van der Waals surface area contributed by atoms with Gasteiger partial charge in [-0.25, -0.2) is 0 Å². The van der Waals surface area contributed by atoms with E-state index in [2.05, 4.69) is 57.4 Å². The second kappa shape index (κ2) is 6.21. The summed E-state index contributed by atoms with van der Waals surface area (Å²) in [6.45, 7) is 10.8. The normalized spacial score (nSPS) is 12.2. The van der Waals surface area contributed by atoms with Gasteiger partial charge >= 0.3 is 0 Å². The van der Waals surface area contributed by atoms with E-state index < -0.39 is 0 Å². The maximum atomic E-state index is 3.93. The zero-order valence-corrected chi connectivity index (χ0v) is 11.7. The maximum absolute atomic E-state index is 3.93. The van der Waals surface area contributed by atoms with Gasteiger partial charge in [0, 0.05) is 5.16 Å². The molecule has 1 rings (SSSR count). The minimum Gasteiger partial charge on any atom is -0.0988 e. The molecule has 0 aliphatic carbocycles. The summed E-state index contributed by atoms with van der Waals surface area (Å²) in [5.41, 5.74) is 3.04. The molecule has 0 heterocycles. The van der Waals surface area contributed by atoms with Gasteiger partial charge in [0.25, 0.3) is 0 Å². The molecule has 0 radical (unpaired) electrons. The van der Waals surface area contributed by atoms with Gasteiger partial charge in [0.05, 0.1) is 0 Å². The molecule has 1 atom stereocenters. The zero-order valence-electron chi connectivity index (χ0n) is 10.7. The fourth-order valence-corrected chi connectivity index (χ4v) is 3.60. The largest absolute Gasteiger partial charge is 0.0988 e. The van der Waals surface area contributed by atoms with Crippen LogP contribution in [-0.2, 0) is 11.6 Å². The van der Waals surface area contributed by atoms with Gasteiger partial charge in [0.1, 0.15) is 0 Å². The van der Waals surface area contributed by atoms with E-state index in [0.717, 1.165) is 15.0 Å². The highest BCUT2D eigenvalue weighted by molar-refractivity contribution is 7.43. The Hall–Kier alpha value is -0.610. The van der Waals surface area contributed by atoms with Gasteiger partial charge in [-0.2, -0.15) is 0 Å². The van der Waals surface area contributed by atoms with Crippen molar-refractivity contribution >= 4 is 8.58 Å². The Bertz CT molecular complexity index is 337. The van der Waals surface area contributed by atoms with Crippen LogP contribution in [0.25, 0.3) is 0 Å². The SMILES string of the molecule is C=CPC(CC)(CC)c1ccccc1CC. The van der Waals surface area contributed by atoms with Gasteiger partial charge in [0.2, 0.25) is 0 Å². The first kappa shape index (κ1) is 13.5. The van der Waals surface area contributed by atoms with Crippen molar-refractivity contribution in [3.05, 3.63) is 47.8 Å². The van der Waals surface area contributed by atoms with Crippen molar-refractivity contribution in [1.82, 2.24) is 0 Å². The lowest BCUT2D eigenvalue weighted by atomic mass is 9.88. The Kier molecular flexibility index (Phi) is 5.22. The van der Waals surface area contributed by atoms with Crippen LogP contribution in [0, 0.1) is 0 Å². The highest BCUT2D eigenvalue weighted by atomic mass is 31.1. The van der Waals surface area contributed by atoms with Crippen LogP contribution in [0.2, 0.25) is 0 Å². The molecule has 0 saturated heterocycles. The molecule has 0 fully saturated rings. The highest BCUT2D eigenvalue weighted by Crippen LogP contribution is 2.48. The Morgan fingerprint density at radius 2 is 1.81 bits per heavy atom. The first-order valence-corrected chi connectivity index (χ1v) is 7.28. The predicted molar refractivity (Wildman–Crippen MR) is 76.6 cm³/mol. The molecule has 16 heavy (non-hydrogen) atoms. The van der Waals surface area contributed by atoms with E-state index in [1.165, 1.54) is 18.4 Å². The molecule has 0 aromatic heterocycles. The minimum atomic E-state index is 0.328. The van der Waals surface area contributed by atoms with Crippen LogP contribution in [0.3, 0.4) is 0 Å². The Morgan fingerprint density at radius 3 is 2.31 bits per heavy atom. The summed E-state index contributed by atoms with van der Waals surface area (Å²) in [4.78, 5) is 0. The second-order valence-electron chi connectivity index (χ2n) is 4.15. The molecular formula is C15H23P. The van der Waals surface area contributed by atoms with Crippen molar-refractivity contribution in [2.24, 2.45) is 0 Å². The molecular weight excluding hydrogens is 211 g/mol. The van der Waals surface area contributed by atoms with Crippen molar-refractivity contribution in [3.63, 3.8) is 0 Å². The van der Waals surface area contributed by atoms with Crippen LogP contribution in [-0.4, -0.2) is 0 Å². The van der Waals surface area contributed by atoms with Crippen LogP contribution in [0.4, 0.5) is 0 Å². The summed E-state index contributed by atoms with van der Waals surface area (Å²) in [5, 5.41) is 0.328. The third-order valence-corrected chi connectivity index (χ3v) is 5.23. The molecule has 0 N–H and O–H groups in total. The Morgan fingerprint density at radius 1 is 1.19 bits per heavy atom. The van der Waals surface area contributed by atoms with Crippen molar-refractivity contribution in [1.29, 1.82) is 0 Å². The van der Waals surface area contributed by atoms with Crippen molar-refractivity contribution < 1.29 is 0 Å². The summed E-state index contributed by atoms with van der Waals surface area (Å²) in [6, 6.07) is 8.89. The maximum Gasteiger partial charge on any atom is 0.0159 e. The lowest BCUT2D eigenvalue weighted by molar-refractivity contribution is 0.570. The number of aryl methyl sites for hydroxylation is 1. The van der Waals surface area contributed by atoms with Crippen LogP contribution >= 0.6 is 8.58 Å². The van der Waals surface area contributed by atoms with E-state index >= 15 is 0 Å². The van der Waals surface area contributed by atoms with E-state index in [1.807, 2.05) is 0 Å². The van der Waals surface area contributed by atoms with Gasteiger partial charge in [-0.3, -0.25) is 0 Å². The molecule has 0 aliphatic heterocycles. The van der Waals surface area contributed by atoms with Gasteiger partial charge in [-0.05, 0) is 30.4 Å². The van der Waals surface area contributed by atoms with Crippen molar-refractivity contribution in [2.45, 2.75) is 45.2 Å². The number of rotatable bonds is 6. The van der Waals surface area contributed by atoms with Crippen LogP contribution < -0.4 is 0 Å². The summed E-state index contributed by atoms with van der Waals surface area (Å²) in [5.74, 6) is 2.10. The predicted octanol–water partition coefficient (Wildman–Crippen LogP) is 5.09. The number of benzene rings is 1. The topological polar surface area (TPSA) is 0 Å². The van der Waals surface area contributed by atoms with Gasteiger partial charge in [-0.1, -0.05) is 66.0 Å².